The first-order valence-electron chi connectivity index (χ1n) is 21.4. The fourth-order valence-electron chi connectivity index (χ4n) is 9.92. The average molecular weight is 884 g/mol. The number of amides is 1. The molecule has 0 bridgehead atoms. The van der Waals surface area contributed by atoms with Gasteiger partial charge in [0.15, 0.2) is 11.4 Å². The zero-order valence-electron chi connectivity index (χ0n) is 34.7. The highest BCUT2D eigenvalue weighted by Gasteiger charge is 2.57. The van der Waals surface area contributed by atoms with Crippen LogP contribution < -0.4 is 14.2 Å². The number of allylic oxidation sites excluding steroid dienone is 2. The first-order valence-corrected chi connectivity index (χ1v) is 22.3. The number of alkyl halides is 6. The summed E-state index contributed by atoms with van der Waals surface area (Å²) in [7, 11) is 0. The molecule has 2 aliphatic heterocycles. The molecule has 0 N–H and O–H groups in total. The van der Waals surface area contributed by atoms with Gasteiger partial charge < -0.3 is 19.1 Å². The van der Waals surface area contributed by atoms with Crippen LogP contribution in [-0.4, -0.2) is 53.0 Å². The van der Waals surface area contributed by atoms with Crippen molar-refractivity contribution in [1.82, 2.24) is 9.88 Å². The summed E-state index contributed by atoms with van der Waals surface area (Å²) >= 11 is 0.392. The molecule has 1 aromatic carbocycles. The standard InChI is InChI=1S/C47H51F6N3O5S/c1-31(2)43(18-9-19-43)20-11-27-59-36-13-7-6-12-34(36)44(30-54)22-15-32(16-23-44)40(57)45(61-33-28-38(62-29-33)47(51,52)53)21-10-25-56-37(45)14-5-3-4-8-26-60-41-39(42(56)58)35(17-24-55-41)46(48,49)50/h3,5-7,12-13,17,24,28-29,32,37H,1,4,8-11,14-16,18-23,25-27H2,2H3/b5-3-/t32?,37-,44?,45+/m1/s1. The van der Waals surface area contributed by atoms with Crippen molar-refractivity contribution in [2.24, 2.45) is 11.3 Å². The summed E-state index contributed by atoms with van der Waals surface area (Å²) in [5.74, 6) is -2.45. The number of piperidine rings is 1. The second-order valence-corrected chi connectivity index (χ2v) is 18.1. The van der Waals surface area contributed by atoms with E-state index >= 15 is 4.79 Å². The quantitative estimate of drug-likeness (QED) is 0.107. The number of aromatic nitrogens is 1. The molecule has 4 heterocycles. The van der Waals surface area contributed by atoms with E-state index in [1.165, 1.54) is 16.9 Å². The molecule has 1 saturated heterocycles. The maximum absolute atomic E-state index is 15.4. The lowest BCUT2D eigenvalue weighted by Gasteiger charge is -2.50. The molecule has 332 valence electrons. The third kappa shape index (κ3) is 8.99. The maximum Gasteiger partial charge on any atom is 0.425 e. The van der Waals surface area contributed by atoms with Crippen LogP contribution in [0.4, 0.5) is 26.3 Å². The van der Waals surface area contributed by atoms with Crippen molar-refractivity contribution in [1.29, 1.82) is 5.26 Å². The van der Waals surface area contributed by atoms with E-state index in [0.29, 0.717) is 48.2 Å². The number of Topliss-reactive ketones (excluding diaryl/α,β-unsaturated/α-hetero) is 1. The number of halogens is 6. The zero-order valence-corrected chi connectivity index (χ0v) is 35.5. The van der Waals surface area contributed by atoms with Crippen LogP contribution in [0.15, 0.2) is 72.3 Å². The third-order valence-electron chi connectivity index (χ3n) is 13.5. The van der Waals surface area contributed by atoms with Gasteiger partial charge in [-0.05, 0) is 108 Å². The largest absolute Gasteiger partial charge is 0.493 e. The van der Waals surface area contributed by atoms with Crippen LogP contribution in [-0.2, 0) is 22.6 Å². The molecule has 15 heteroatoms. The van der Waals surface area contributed by atoms with Crippen molar-refractivity contribution < 1.29 is 50.1 Å². The van der Waals surface area contributed by atoms with Gasteiger partial charge in [-0.25, -0.2) is 4.98 Å². The van der Waals surface area contributed by atoms with Gasteiger partial charge in [0.2, 0.25) is 5.88 Å². The summed E-state index contributed by atoms with van der Waals surface area (Å²) < 4.78 is 104. The Morgan fingerprint density at radius 2 is 1.79 bits per heavy atom. The SMILES string of the molecule is C=C(C)C1(CCCOc2ccccc2C2(C#N)CCC(C(=O)[C@]3(Oc4csc(C(F)(F)F)c4)CCCN4C(=O)c5c(C(F)(F)F)ccnc5OCCC/C=C\C[C@@H]43)CC2)CCC1. The van der Waals surface area contributed by atoms with E-state index in [0.717, 1.165) is 43.3 Å². The van der Waals surface area contributed by atoms with E-state index in [1.807, 2.05) is 30.3 Å². The number of carbonyl (C=O) groups excluding carboxylic acids is 2. The van der Waals surface area contributed by atoms with E-state index in [1.54, 1.807) is 6.08 Å². The van der Waals surface area contributed by atoms with Crippen LogP contribution >= 0.6 is 11.3 Å². The number of ketones is 1. The highest BCUT2D eigenvalue weighted by Crippen LogP contribution is 2.51. The van der Waals surface area contributed by atoms with E-state index in [4.69, 9.17) is 14.2 Å². The highest BCUT2D eigenvalue weighted by molar-refractivity contribution is 7.10. The second kappa shape index (κ2) is 18.1. The van der Waals surface area contributed by atoms with Crippen molar-refractivity contribution in [2.75, 3.05) is 19.8 Å². The van der Waals surface area contributed by atoms with Gasteiger partial charge in [0.1, 0.15) is 21.9 Å². The first-order chi connectivity index (χ1) is 29.5. The first kappa shape index (κ1) is 45.2. The molecule has 1 amide bonds. The third-order valence-corrected chi connectivity index (χ3v) is 14.5. The lowest BCUT2D eigenvalue weighted by atomic mass is 9.62. The molecule has 2 saturated carbocycles. The van der Waals surface area contributed by atoms with Crippen molar-refractivity contribution in [3.05, 3.63) is 93.8 Å². The van der Waals surface area contributed by atoms with Gasteiger partial charge in [0, 0.05) is 35.7 Å². The summed E-state index contributed by atoms with van der Waals surface area (Å²) in [4.78, 5) is 34.3. The Bertz CT molecular complexity index is 2200. The molecule has 0 spiro atoms. The molecule has 0 radical (unpaired) electrons. The Kier molecular flexibility index (Phi) is 13.2. The van der Waals surface area contributed by atoms with Crippen LogP contribution in [0.3, 0.4) is 0 Å². The van der Waals surface area contributed by atoms with Gasteiger partial charge in [0.25, 0.3) is 5.91 Å². The van der Waals surface area contributed by atoms with E-state index in [2.05, 4.69) is 24.6 Å². The number of carbonyl (C=O) groups is 2. The molecule has 4 aliphatic rings. The number of pyridine rings is 1. The Morgan fingerprint density at radius 3 is 2.45 bits per heavy atom. The number of rotatable bonds is 11. The van der Waals surface area contributed by atoms with E-state index < -0.39 is 68.9 Å². The molecule has 2 aliphatic carbocycles. The predicted molar refractivity (Wildman–Crippen MR) is 221 cm³/mol. The van der Waals surface area contributed by atoms with Crippen LogP contribution in [0.1, 0.15) is 123 Å². The van der Waals surface area contributed by atoms with Crippen molar-refractivity contribution >= 4 is 23.0 Å². The predicted octanol–water partition coefficient (Wildman–Crippen LogP) is 11.8. The molecular weight excluding hydrogens is 833 g/mol. The number of nitrogens with zero attached hydrogens (tertiary/aromatic N) is 3. The van der Waals surface area contributed by atoms with Gasteiger partial charge in [0.05, 0.1) is 36.3 Å². The Labute approximate surface area is 361 Å². The van der Waals surface area contributed by atoms with Crippen molar-refractivity contribution in [3.63, 3.8) is 0 Å². The summed E-state index contributed by atoms with van der Waals surface area (Å²) in [6.07, 6.45) is 1.82. The number of nitriles is 1. The molecular formula is C47H51F6N3O5S. The molecule has 62 heavy (non-hydrogen) atoms. The molecule has 7 rings (SSSR count). The monoisotopic (exact) mass is 883 g/mol. The Balaban J connectivity index is 1.21. The lowest BCUT2D eigenvalue weighted by Crippen LogP contribution is -2.66. The number of para-hydroxylation sites is 1. The number of fused-ring (bicyclic) bond motifs is 2. The summed E-state index contributed by atoms with van der Waals surface area (Å²) in [6.45, 7) is 6.68. The molecule has 2 atom stereocenters. The minimum absolute atomic E-state index is 0.00780. The van der Waals surface area contributed by atoms with Crippen LogP contribution in [0.25, 0.3) is 0 Å². The molecule has 3 fully saturated rings. The lowest BCUT2D eigenvalue weighted by molar-refractivity contribution is -0.150. The smallest absolute Gasteiger partial charge is 0.425 e. The molecule has 0 unspecified atom stereocenters. The number of hydrogen-bond donors (Lipinski definition) is 0. The molecule has 3 aromatic rings. The van der Waals surface area contributed by atoms with Gasteiger partial charge in [-0.2, -0.15) is 31.6 Å². The number of hydrogen-bond acceptors (Lipinski definition) is 8. The van der Waals surface area contributed by atoms with Gasteiger partial charge in [-0.15, -0.1) is 11.3 Å². The molecule has 8 nitrogen and oxygen atoms in total. The topological polar surface area (TPSA) is 102 Å². The normalized spacial score (nSPS) is 25.9. The summed E-state index contributed by atoms with van der Waals surface area (Å²) in [5, 5.41) is 12.0. The zero-order chi connectivity index (χ0) is 44.3. The maximum atomic E-state index is 15.4. The van der Waals surface area contributed by atoms with E-state index in [-0.39, 0.29) is 69.3 Å². The van der Waals surface area contributed by atoms with Crippen LogP contribution in [0.2, 0.25) is 0 Å². The average Bonchev–Trinajstić information content (AvgIpc) is 3.71. The van der Waals surface area contributed by atoms with Gasteiger partial charge >= 0.3 is 12.4 Å². The second-order valence-electron chi connectivity index (χ2n) is 17.2. The summed E-state index contributed by atoms with van der Waals surface area (Å²) in [5.41, 5.74) is -2.98. The highest BCUT2D eigenvalue weighted by atomic mass is 32.1. The number of ether oxygens (including phenoxy) is 3. The minimum Gasteiger partial charge on any atom is -0.493 e. The van der Waals surface area contributed by atoms with Gasteiger partial charge in [-0.1, -0.05) is 48.9 Å². The minimum atomic E-state index is -4.97. The fraction of sp³-hybridized carbons (Fsp3) is 0.532. The van der Waals surface area contributed by atoms with Crippen molar-refractivity contribution in [2.45, 2.75) is 126 Å². The van der Waals surface area contributed by atoms with Crippen molar-refractivity contribution in [3.8, 4) is 23.4 Å². The number of benzene rings is 1. The van der Waals surface area contributed by atoms with Crippen LogP contribution in [0.5, 0.6) is 17.4 Å². The van der Waals surface area contributed by atoms with E-state index in [9.17, 15) is 36.4 Å². The fourth-order valence-corrected chi connectivity index (χ4v) is 10.6. The summed E-state index contributed by atoms with van der Waals surface area (Å²) in [6, 6.07) is 10.2. The van der Waals surface area contributed by atoms with Gasteiger partial charge in [-0.3, -0.25) is 9.59 Å². The Hall–Kier alpha value is -4.84. The number of thiophene rings is 1. The molecule has 2 aromatic heterocycles. The van der Waals surface area contributed by atoms with Crippen LogP contribution in [0, 0.1) is 22.7 Å². The Morgan fingerprint density at radius 1 is 1.03 bits per heavy atom.